The van der Waals surface area contributed by atoms with Crippen LogP contribution < -0.4 is 18.9 Å². The molecule has 2 aromatic rings. The van der Waals surface area contributed by atoms with Crippen LogP contribution >= 0.6 is 0 Å². The molecular formula is C19H22O6. The van der Waals surface area contributed by atoms with Crippen LogP contribution in [-0.4, -0.2) is 38.1 Å². The van der Waals surface area contributed by atoms with Gasteiger partial charge in [-0.1, -0.05) is 12.2 Å². The first-order valence-corrected chi connectivity index (χ1v) is 7.71. The molecule has 134 valence electrons. The Bertz CT molecular complexity index is 742. The number of aromatic hydroxyl groups is 2. The number of ether oxygens (including phenoxy) is 4. The van der Waals surface area contributed by atoms with Crippen LogP contribution in [0.1, 0.15) is 18.1 Å². The fraction of sp³-hybridized carbons (Fsp3) is 0.263. The van der Waals surface area contributed by atoms with Crippen LogP contribution in [-0.2, 0) is 0 Å². The monoisotopic (exact) mass is 346 g/mol. The van der Waals surface area contributed by atoms with Gasteiger partial charge in [0.15, 0.2) is 23.0 Å². The lowest BCUT2D eigenvalue weighted by Crippen LogP contribution is -1.95. The molecule has 0 aromatic heterocycles. The second kappa shape index (κ2) is 8.19. The van der Waals surface area contributed by atoms with E-state index < -0.39 is 0 Å². The third-order valence-electron chi connectivity index (χ3n) is 3.59. The lowest BCUT2D eigenvalue weighted by atomic mass is 10.1. The third-order valence-corrected chi connectivity index (χ3v) is 3.59. The average Bonchev–Trinajstić information content (AvgIpc) is 2.63. The Balaban J connectivity index is 2.38. The molecule has 2 rings (SSSR count). The van der Waals surface area contributed by atoms with Crippen molar-refractivity contribution in [1.82, 2.24) is 0 Å². The Morgan fingerprint density at radius 1 is 0.840 bits per heavy atom. The highest BCUT2D eigenvalue weighted by Crippen LogP contribution is 2.40. The fourth-order valence-corrected chi connectivity index (χ4v) is 2.37. The predicted molar refractivity (Wildman–Crippen MR) is 96.0 cm³/mol. The van der Waals surface area contributed by atoms with Crippen molar-refractivity contribution in [2.75, 3.05) is 27.9 Å². The van der Waals surface area contributed by atoms with Crippen LogP contribution in [0.5, 0.6) is 34.5 Å². The molecule has 0 saturated heterocycles. The zero-order chi connectivity index (χ0) is 18.4. The molecule has 0 aliphatic rings. The van der Waals surface area contributed by atoms with Crippen molar-refractivity contribution in [3.05, 3.63) is 35.4 Å². The minimum Gasteiger partial charge on any atom is -0.504 e. The molecule has 0 aliphatic heterocycles. The molecule has 0 radical (unpaired) electrons. The van der Waals surface area contributed by atoms with Gasteiger partial charge in [-0.2, -0.15) is 0 Å². The van der Waals surface area contributed by atoms with Crippen molar-refractivity contribution in [2.45, 2.75) is 6.92 Å². The lowest BCUT2D eigenvalue weighted by Gasteiger charge is -2.13. The molecular weight excluding hydrogens is 324 g/mol. The molecule has 0 spiro atoms. The SMILES string of the molecule is CCOc1ccc(/C=C/c2cc(OC)c(OC)c(OC)c2)c(O)c1O. The Morgan fingerprint density at radius 3 is 2.00 bits per heavy atom. The molecule has 0 saturated carbocycles. The molecule has 2 aromatic carbocycles. The maximum Gasteiger partial charge on any atom is 0.203 e. The van der Waals surface area contributed by atoms with Gasteiger partial charge in [-0.05, 0) is 36.8 Å². The van der Waals surface area contributed by atoms with Crippen LogP contribution in [0.3, 0.4) is 0 Å². The standard InChI is InChI=1S/C19H22O6/c1-5-25-14-9-8-13(17(20)18(14)21)7-6-12-10-15(22-2)19(24-4)16(11-12)23-3/h6-11,20-21H,5H2,1-4H3/b7-6+. The molecule has 0 unspecified atom stereocenters. The number of rotatable bonds is 7. The Hall–Kier alpha value is -3.02. The van der Waals surface area contributed by atoms with Crippen molar-refractivity contribution in [1.29, 1.82) is 0 Å². The van der Waals surface area contributed by atoms with Gasteiger partial charge >= 0.3 is 0 Å². The molecule has 0 heterocycles. The van der Waals surface area contributed by atoms with Crippen molar-refractivity contribution in [3.63, 3.8) is 0 Å². The molecule has 25 heavy (non-hydrogen) atoms. The van der Waals surface area contributed by atoms with Gasteiger partial charge in [-0.25, -0.2) is 0 Å². The number of hydrogen-bond donors (Lipinski definition) is 2. The maximum absolute atomic E-state index is 10.1. The summed E-state index contributed by atoms with van der Waals surface area (Å²) in [6.45, 7) is 2.20. The topological polar surface area (TPSA) is 77.4 Å². The minimum atomic E-state index is -0.283. The third kappa shape index (κ3) is 3.91. The summed E-state index contributed by atoms with van der Waals surface area (Å²) in [7, 11) is 4.62. The summed E-state index contributed by atoms with van der Waals surface area (Å²) < 4.78 is 21.2. The van der Waals surface area contributed by atoms with Crippen molar-refractivity contribution in [2.24, 2.45) is 0 Å². The van der Waals surface area contributed by atoms with Gasteiger partial charge in [0, 0.05) is 5.56 Å². The van der Waals surface area contributed by atoms with Gasteiger partial charge in [-0.3, -0.25) is 0 Å². The summed E-state index contributed by atoms with van der Waals surface area (Å²) in [4.78, 5) is 0. The van der Waals surface area contributed by atoms with Crippen molar-refractivity contribution in [3.8, 4) is 34.5 Å². The summed E-state index contributed by atoms with van der Waals surface area (Å²) in [5, 5.41) is 20.1. The average molecular weight is 346 g/mol. The highest BCUT2D eigenvalue weighted by atomic mass is 16.5. The van der Waals surface area contributed by atoms with Gasteiger partial charge in [-0.15, -0.1) is 0 Å². The largest absolute Gasteiger partial charge is 0.504 e. The van der Waals surface area contributed by atoms with Crippen LogP contribution in [0, 0.1) is 0 Å². The molecule has 0 amide bonds. The van der Waals surface area contributed by atoms with E-state index >= 15 is 0 Å². The smallest absolute Gasteiger partial charge is 0.203 e. The zero-order valence-corrected chi connectivity index (χ0v) is 14.7. The minimum absolute atomic E-state index is 0.241. The Morgan fingerprint density at radius 2 is 1.48 bits per heavy atom. The highest BCUT2D eigenvalue weighted by molar-refractivity contribution is 5.77. The van der Waals surface area contributed by atoms with E-state index in [1.54, 1.807) is 57.6 Å². The van der Waals surface area contributed by atoms with Crippen LogP contribution in [0.15, 0.2) is 24.3 Å². The maximum atomic E-state index is 10.1. The molecule has 6 nitrogen and oxygen atoms in total. The Labute approximate surface area is 146 Å². The summed E-state index contributed by atoms with van der Waals surface area (Å²) in [6.07, 6.45) is 3.44. The van der Waals surface area contributed by atoms with Gasteiger partial charge in [0.1, 0.15) is 0 Å². The summed E-state index contributed by atoms with van der Waals surface area (Å²) in [5.74, 6) is 1.28. The number of phenolic OH excluding ortho intramolecular Hbond substituents is 2. The quantitative estimate of drug-likeness (QED) is 0.588. The molecule has 0 atom stereocenters. The van der Waals surface area contributed by atoms with E-state index in [2.05, 4.69) is 0 Å². The second-order valence-corrected chi connectivity index (χ2v) is 5.08. The first-order chi connectivity index (χ1) is 12.0. The summed E-state index contributed by atoms with van der Waals surface area (Å²) >= 11 is 0. The lowest BCUT2D eigenvalue weighted by molar-refractivity contribution is 0.308. The fourth-order valence-electron chi connectivity index (χ4n) is 2.37. The Kier molecular flexibility index (Phi) is 6.00. The van der Waals surface area contributed by atoms with Crippen LogP contribution in [0.4, 0.5) is 0 Å². The van der Waals surface area contributed by atoms with E-state index in [9.17, 15) is 10.2 Å². The van der Waals surface area contributed by atoms with Crippen molar-refractivity contribution < 1.29 is 29.2 Å². The highest BCUT2D eigenvalue weighted by Gasteiger charge is 2.13. The number of benzene rings is 2. The second-order valence-electron chi connectivity index (χ2n) is 5.08. The van der Waals surface area contributed by atoms with E-state index in [-0.39, 0.29) is 17.2 Å². The molecule has 0 aliphatic carbocycles. The molecule has 2 N–H and O–H groups in total. The van der Waals surface area contributed by atoms with Gasteiger partial charge in [0.05, 0.1) is 27.9 Å². The van der Waals surface area contributed by atoms with Gasteiger partial charge in [0.2, 0.25) is 11.5 Å². The zero-order valence-electron chi connectivity index (χ0n) is 14.7. The predicted octanol–water partition coefficient (Wildman–Crippen LogP) is 3.69. The van der Waals surface area contributed by atoms with E-state index in [0.29, 0.717) is 29.4 Å². The van der Waals surface area contributed by atoms with Gasteiger partial charge < -0.3 is 29.2 Å². The first-order valence-electron chi connectivity index (χ1n) is 7.71. The number of methoxy groups -OCH3 is 3. The number of hydrogen-bond acceptors (Lipinski definition) is 6. The normalized spacial score (nSPS) is 10.7. The van der Waals surface area contributed by atoms with Crippen LogP contribution in [0.25, 0.3) is 12.2 Å². The van der Waals surface area contributed by atoms with Gasteiger partial charge in [0.25, 0.3) is 0 Å². The van der Waals surface area contributed by atoms with E-state index in [1.165, 1.54) is 7.11 Å². The van der Waals surface area contributed by atoms with E-state index in [0.717, 1.165) is 5.56 Å². The van der Waals surface area contributed by atoms with E-state index in [4.69, 9.17) is 18.9 Å². The molecule has 0 fully saturated rings. The van der Waals surface area contributed by atoms with Crippen molar-refractivity contribution >= 4 is 12.2 Å². The molecule has 6 heteroatoms. The van der Waals surface area contributed by atoms with E-state index in [1.807, 2.05) is 0 Å². The first kappa shape index (κ1) is 18.3. The summed E-state index contributed by atoms with van der Waals surface area (Å²) in [5.41, 5.74) is 1.23. The number of phenols is 2. The van der Waals surface area contributed by atoms with Crippen LogP contribution in [0.2, 0.25) is 0 Å². The molecule has 0 bridgehead atoms. The summed E-state index contributed by atoms with van der Waals surface area (Å²) in [6, 6.07) is 6.83.